The monoisotopic (exact) mass is 228 g/mol. The normalized spacial score (nSPS) is 17.2. The van der Waals surface area contributed by atoms with Crippen LogP contribution in [0, 0.1) is 0 Å². The summed E-state index contributed by atoms with van der Waals surface area (Å²) in [5.41, 5.74) is 5.05. The van der Waals surface area contributed by atoms with E-state index < -0.39 is 0 Å². The molecule has 3 amide bonds. The number of rotatable bonds is 3. The summed E-state index contributed by atoms with van der Waals surface area (Å²) in [7, 11) is 3.50. The first-order valence-corrected chi connectivity index (χ1v) is 5.48. The predicted octanol–water partition coefficient (Wildman–Crippen LogP) is -0.793. The maximum Gasteiger partial charge on any atom is 0.319 e. The predicted molar refractivity (Wildman–Crippen MR) is 60.9 cm³/mol. The van der Waals surface area contributed by atoms with E-state index in [1.54, 1.807) is 19.0 Å². The van der Waals surface area contributed by atoms with E-state index in [9.17, 15) is 9.59 Å². The smallest absolute Gasteiger partial charge is 0.319 e. The molecule has 6 nitrogen and oxygen atoms in total. The van der Waals surface area contributed by atoms with Crippen LogP contribution in [0.3, 0.4) is 0 Å². The highest BCUT2D eigenvalue weighted by molar-refractivity contribution is 5.76. The van der Waals surface area contributed by atoms with Gasteiger partial charge in [-0.25, -0.2) is 4.79 Å². The number of piperidine rings is 1. The summed E-state index contributed by atoms with van der Waals surface area (Å²) in [6.07, 6.45) is 1.74. The SMILES string of the molecule is CN(C)C(=O)N1CCC(NCC(N)=O)CC1. The van der Waals surface area contributed by atoms with Gasteiger partial charge in [0.15, 0.2) is 0 Å². The first-order valence-electron chi connectivity index (χ1n) is 5.48. The number of urea groups is 1. The molecule has 0 aromatic heterocycles. The van der Waals surface area contributed by atoms with Crippen LogP contribution >= 0.6 is 0 Å². The molecule has 1 fully saturated rings. The van der Waals surface area contributed by atoms with Gasteiger partial charge in [-0.3, -0.25) is 4.79 Å². The van der Waals surface area contributed by atoms with Gasteiger partial charge in [-0.1, -0.05) is 0 Å². The third kappa shape index (κ3) is 3.69. The van der Waals surface area contributed by atoms with Crippen molar-refractivity contribution in [1.29, 1.82) is 0 Å². The molecule has 16 heavy (non-hydrogen) atoms. The summed E-state index contributed by atoms with van der Waals surface area (Å²) < 4.78 is 0. The Hall–Kier alpha value is -1.30. The molecule has 1 heterocycles. The molecule has 0 aliphatic carbocycles. The lowest BCUT2D eigenvalue weighted by Crippen LogP contribution is -2.49. The van der Waals surface area contributed by atoms with Crippen LogP contribution in [0.25, 0.3) is 0 Å². The van der Waals surface area contributed by atoms with Crippen LogP contribution in [0.15, 0.2) is 0 Å². The number of nitrogens with one attached hydrogen (secondary N) is 1. The van der Waals surface area contributed by atoms with E-state index in [0.29, 0.717) is 6.04 Å². The Labute approximate surface area is 95.8 Å². The van der Waals surface area contributed by atoms with Crippen molar-refractivity contribution < 1.29 is 9.59 Å². The maximum absolute atomic E-state index is 11.6. The number of primary amides is 1. The molecular weight excluding hydrogens is 208 g/mol. The zero-order chi connectivity index (χ0) is 12.1. The van der Waals surface area contributed by atoms with Gasteiger partial charge in [-0.2, -0.15) is 0 Å². The standard InChI is InChI=1S/C10H20N4O2/c1-13(2)10(16)14-5-3-8(4-6-14)12-7-9(11)15/h8,12H,3-7H2,1-2H3,(H2,11,15). The zero-order valence-corrected chi connectivity index (χ0v) is 9.90. The van der Waals surface area contributed by atoms with Crippen molar-refractivity contribution in [3.8, 4) is 0 Å². The summed E-state index contributed by atoms with van der Waals surface area (Å²) in [6.45, 7) is 1.67. The minimum atomic E-state index is -0.341. The topological polar surface area (TPSA) is 78.7 Å². The molecule has 3 N–H and O–H groups in total. The molecule has 0 atom stereocenters. The van der Waals surface area contributed by atoms with Crippen LogP contribution < -0.4 is 11.1 Å². The van der Waals surface area contributed by atoms with E-state index in [1.165, 1.54) is 0 Å². The number of nitrogens with zero attached hydrogens (tertiary/aromatic N) is 2. The van der Waals surface area contributed by atoms with E-state index in [2.05, 4.69) is 5.32 Å². The van der Waals surface area contributed by atoms with Crippen molar-refractivity contribution in [2.45, 2.75) is 18.9 Å². The fourth-order valence-corrected chi connectivity index (χ4v) is 1.80. The lowest BCUT2D eigenvalue weighted by atomic mass is 10.1. The van der Waals surface area contributed by atoms with Crippen LogP contribution in [0.1, 0.15) is 12.8 Å². The second-order valence-electron chi connectivity index (χ2n) is 4.29. The van der Waals surface area contributed by atoms with Crippen molar-refractivity contribution in [3.05, 3.63) is 0 Å². The summed E-state index contributed by atoms with van der Waals surface area (Å²) in [5.74, 6) is -0.341. The Morgan fingerprint density at radius 3 is 2.38 bits per heavy atom. The number of carbonyl (C=O) groups excluding carboxylic acids is 2. The van der Waals surface area contributed by atoms with Crippen LogP contribution in [0.4, 0.5) is 4.79 Å². The second-order valence-corrected chi connectivity index (χ2v) is 4.29. The lowest BCUT2D eigenvalue weighted by Gasteiger charge is -2.33. The maximum atomic E-state index is 11.6. The zero-order valence-electron chi connectivity index (χ0n) is 9.90. The Morgan fingerprint density at radius 1 is 1.38 bits per heavy atom. The van der Waals surface area contributed by atoms with E-state index in [1.807, 2.05) is 4.90 Å². The highest BCUT2D eigenvalue weighted by Crippen LogP contribution is 2.11. The molecule has 1 aliphatic rings. The molecule has 0 unspecified atom stereocenters. The van der Waals surface area contributed by atoms with Gasteiger partial charge in [-0.15, -0.1) is 0 Å². The highest BCUT2D eigenvalue weighted by atomic mass is 16.2. The molecule has 0 spiro atoms. The fraction of sp³-hybridized carbons (Fsp3) is 0.800. The van der Waals surface area contributed by atoms with E-state index in [0.717, 1.165) is 25.9 Å². The minimum absolute atomic E-state index is 0.0494. The van der Waals surface area contributed by atoms with Crippen molar-refractivity contribution in [3.63, 3.8) is 0 Å². The largest absolute Gasteiger partial charge is 0.369 e. The van der Waals surface area contributed by atoms with Crippen LogP contribution in [-0.2, 0) is 4.79 Å². The first-order chi connectivity index (χ1) is 7.50. The number of likely N-dealkylation sites (tertiary alicyclic amines) is 1. The summed E-state index contributed by atoms with van der Waals surface area (Å²) >= 11 is 0. The lowest BCUT2D eigenvalue weighted by molar-refractivity contribution is -0.117. The fourth-order valence-electron chi connectivity index (χ4n) is 1.80. The molecule has 0 radical (unpaired) electrons. The van der Waals surface area contributed by atoms with Crippen LogP contribution in [0.5, 0.6) is 0 Å². The van der Waals surface area contributed by atoms with Gasteiger partial charge in [-0.05, 0) is 12.8 Å². The molecule has 0 saturated carbocycles. The molecule has 0 aromatic carbocycles. The highest BCUT2D eigenvalue weighted by Gasteiger charge is 2.23. The molecule has 6 heteroatoms. The number of hydrogen-bond acceptors (Lipinski definition) is 3. The molecule has 92 valence electrons. The summed E-state index contributed by atoms with van der Waals surface area (Å²) in [4.78, 5) is 25.6. The van der Waals surface area contributed by atoms with Gasteiger partial charge in [0.1, 0.15) is 0 Å². The summed E-state index contributed by atoms with van der Waals surface area (Å²) in [5, 5.41) is 3.08. The average Bonchev–Trinajstić information content (AvgIpc) is 2.26. The Bertz CT molecular complexity index is 260. The van der Waals surface area contributed by atoms with Gasteiger partial charge in [0.2, 0.25) is 5.91 Å². The molecular formula is C10H20N4O2. The van der Waals surface area contributed by atoms with Crippen molar-refractivity contribution >= 4 is 11.9 Å². The molecule has 0 aromatic rings. The number of carbonyl (C=O) groups is 2. The number of hydrogen-bond donors (Lipinski definition) is 2. The Morgan fingerprint density at radius 2 is 1.94 bits per heavy atom. The van der Waals surface area contributed by atoms with Crippen molar-refractivity contribution in [1.82, 2.24) is 15.1 Å². The molecule has 1 rings (SSSR count). The third-order valence-corrected chi connectivity index (χ3v) is 2.71. The van der Waals surface area contributed by atoms with E-state index in [-0.39, 0.29) is 18.5 Å². The van der Waals surface area contributed by atoms with Gasteiger partial charge in [0.05, 0.1) is 6.54 Å². The Kier molecular flexibility index (Phi) is 4.54. The van der Waals surface area contributed by atoms with Crippen LogP contribution in [0.2, 0.25) is 0 Å². The average molecular weight is 228 g/mol. The molecule has 0 bridgehead atoms. The third-order valence-electron chi connectivity index (χ3n) is 2.71. The molecule has 1 saturated heterocycles. The summed E-state index contributed by atoms with van der Waals surface area (Å²) in [6, 6.07) is 0.340. The van der Waals surface area contributed by atoms with Crippen molar-refractivity contribution in [2.75, 3.05) is 33.7 Å². The van der Waals surface area contributed by atoms with E-state index in [4.69, 9.17) is 5.73 Å². The van der Waals surface area contributed by atoms with Crippen molar-refractivity contribution in [2.24, 2.45) is 5.73 Å². The van der Waals surface area contributed by atoms with Gasteiger partial charge < -0.3 is 20.9 Å². The minimum Gasteiger partial charge on any atom is -0.369 e. The van der Waals surface area contributed by atoms with Gasteiger partial charge >= 0.3 is 6.03 Å². The van der Waals surface area contributed by atoms with Gasteiger partial charge in [0.25, 0.3) is 0 Å². The van der Waals surface area contributed by atoms with Gasteiger partial charge in [0, 0.05) is 33.2 Å². The number of amides is 3. The number of nitrogens with two attached hydrogens (primary N) is 1. The quantitative estimate of drug-likeness (QED) is 0.664. The first kappa shape index (κ1) is 12.8. The Balaban J connectivity index is 2.28. The second kappa shape index (κ2) is 5.69. The van der Waals surface area contributed by atoms with E-state index >= 15 is 0 Å². The van der Waals surface area contributed by atoms with Crippen LogP contribution in [-0.4, -0.2) is 61.5 Å². The molecule has 1 aliphatic heterocycles.